The second kappa shape index (κ2) is 6.15. The molecule has 1 heterocycles. The average molecular weight is 245 g/mol. The molecule has 0 bridgehead atoms. The number of carboxylic acid groups (broad SMARTS) is 1. The van der Waals surface area contributed by atoms with E-state index in [0.29, 0.717) is 5.52 Å². The molecule has 0 aliphatic rings. The summed E-state index contributed by atoms with van der Waals surface area (Å²) in [5.74, 6) is -0.918. The second-order valence-corrected chi connectivity index (χ2v) is 3.83. The van der Waals surface area contributed by atoms with E-state index in [2.05, 4.69) is 4.98 Å². The predicted molar refractivity (Wildman–Crippen MR) is 74.2 cm³/mol. The minimum absolute atomic E-state index is 0.290. The lowest BCUT2D eigenvalue weighted by atomic mass is 10.0. The van der Waals surface area contributed by atoms with E-state index in [4.69, 9.17) is 5.11 Å². The molecule has 0 amide bonds. The van der Waals surface area contributed by atoms with Gasteiger partial charge in [-0.3, -0.25) is 4.98 Å². The van der Waals surface area contributed by atoms with Crippen molar-refractivity contribution < 1.29 is 9.90 Å². The Labute approximate surface area is 107 Å². The number of aryl methyl sites for hydroxylation is 2. The Hall–Kier alpha value is -1.90. The van der Waals surface area contributed by atoms with Crippen LogP contribution in [0, 0.1) is 6.92 Å². The minimum atomic E-state index is -0.918. The van der Waals surface area contributed by atoms with Crippen molar-refractivity contribution in [3.8, 4) is 0 Å². The molecule has 3 heteroatoms. The molecule has 1 N–H and O–H groups in total. The van der Waals surface area contributed by atoms with Gasteiger partial charge in [0.1, 0.15) is 0 Å². The van der Waals surface area contributed by atoms with Gasteiger partial charge in [0.05, 0.1) is 11.1 Å². The number of hydrogen-bond acceptors (Lipinski definition) is 2. The molecule has 0 aliphatic carbocycles. The fourth-order valence-corrected chi connectivity index (χ4v) is 1.81. The maximum absolute atomic E-state index is 11.2. The fourth-order valence-electron chi connectivity index (χ4n) is 1.81. The molecular weight excluding hydrogens is 226 g/mol. The van der Waals surface area contributed by atoms with Crippen LogP contribution in [0.5, 0.6) is 0 Å². The lowest BCUT2D eigenvalue weighted by molar-refractivity contribution is 0.0698. The van der Waals surface area contributed by atoms with Crippen LogP contribution in [0.1, 0.15) is 42.3 Å². The number of fused-ring (bicyclic) bond motifs is 1. The number of aromatic carboxylic acids is 1. The zero-order valence-corrected chi connectivity index (χ0v) is 11.3. The van der Waals surface area contributed by atoms with Gasteiger partial charge in [-0.25, -0.2) is 4.79 Å². The first-order chi connectivity index (χ1) is 8.63. The number of pyridine rings is 1. The van der Waals surface area contributed by atoms with Crippen LogP contribution >= 0.6 is 0 Å². The average Bonchev–Trinajstić information content (AvgIpc) is 2.40. The molecule has 0 fully saturated rings. The maximum atomic E-state index is 11.2. The van der Waals surface area contributed by atoms with E-state index in [1.165, 1.54) is 0 Å². The van der Waals surface area contributed by atoms with Crippen molar-refractivity contribution in [3.05, 3.63) is 41.1 Å². The van der Waals surface area contributed by atoms with Crippen LogP contribution in [-0.4, -0.2) is 16.1 Å². The van der Waals surface area contributed by atoms with Gasteiger partial charge in [0.25, 0.3) is 0 Å². The Morgan fingerprint density at radius 3 is 2.56 bits per heavy atom. The van der Waals surface area contributed by atoms with Crippen molar-refractivity contribution in [2.45, 2.75) is 34.1 Å². The van der Waals surface area contributed by atoms with Gasteiger partial charge in [0.2, 0.25) is 0 Å². The van der Waals surface area contributed by atoms with Gasteiger partial charge in [0, 0.05) is 11.6 Å². The van der Waals surface area contributed by atoms with Crippen molar-refractivity contribution in [2.75, 3.05) is 0 Å². The molecule has 2 aromatic rings. The van der Waals surface area contributed by atoms with E-state index in [1.54, 1.807) is 12.3 Å². The molecule has 0 radical (unpaired) electrons. The maximum Gasteiger partial charge on any atom is 0.337 e. The predicted octanol–water partition coefficient (Wildman–Crippen LogP) is 3.83. The third-order valence-corrected chi connectivity index (χ3v) is 2.76. The quantitative estimate of drug-likeness (QED) is 0.874. The van der Waals surface area contributed by atoms with Gasteiger partial charge in [-0.2, -0.15) is 0 Å². The van der Waals surface area contributed by atoms with E-state index in [0.717, 1.165) is 22.9 Å². The Balaban J connectivity index is 0.000000771. The third-order valence-electron chi connectivity index (χ3n) is 2.76. The van der Waals surface area contributed by atoms with Crippen molar-refractivity contribution in [3.63, 3.8) is 0 Å². The molecule has 0 unspecified atom stereocenters. The number of carbonyl (C=O) groups is 1. The highest BCUT2D eigenvalue weighted by atomic mass is 16.4. The molecule has 18 heavy (non-hydrogen) atoms. The molecule has 0 atom stereocenters. The molecule has 0 spiro atoms. The minimum Gasteiger partial charge on any atom is -0.478 e. The second-order valence-electron chi connectivity index (χ2n) is 3.83. The van der Waals surface area contributed by atoms with Crippen LogP contribution in [0.3, 0.4) is 0 Å². The van der Waals surface area contributed by atoms with Crippen molar-refractivity contribution >= 4 is 16.9 Å². The first kappa shape index (κ1) is 14.2. The summed E-state index contributed by atoms with van der Waals surface area (Å²) in [5, 5.41) is 10.1. The monoisotopic (exact) mass is 245 g/mol. The van der Waals surface area contributed by atoms with E-state index in [1.807, 2.05) is 39.8 Å². The van der Waals surface area contributed by atoms with Crippen LogP contribution < -0.4 is 0 Å². The Morgan fingerprint density at radius 1 is 1.33 bits per heavy atom. The molecule has 0 saturated heterocycles. The van der Waals surface area contributed by atoms with Crippen LogP contribution in [0.15, 0.2) is 24.4 Å². The van der Waals surface area contributed by atoms with Crippen LogP contribution in [0.2, 0.25) is 0 Å². The molecule has 2 rings (SSSR count). The van der Waals surface area contributed by atoms with Gasteiger partial charge >= 0.3 is 5.97 Å². The third kappa shape index (κ3) is 2.67. The van der Waals surface area contributed by atoms with E-state index in [-0.39, 0.29) is 5.56 Å². The molecule has 0 saturated carbocycles. The topological polar surface area (TPSA) is 50.2 Å². The lowest BCUT2D eigenvalue weighted by Gasteiger charge is -2.07. The lowest BCUT2D eigenvalue weighted by Crippen LogP contribution is -2.01. The summed E-state index contributed by atoms with van der Waals surface area (Å²) < 4.78 is 0. The Kier molecular flexibility index (Phi) is 4.84. The zero-order valence-electron chi connectivity index (χ0n) is 11.3. The fraction of sp³-hybridized carbons (Fsp3) is 0.333. The molecule has 3 nitrogen and oxygen atoms in total. The number of carboxylic acids is 1. The van der Waals surface area contributed by atoms with E-state index < -0.39 is 5.97 Å². The van der Waals surface area contributed by atoms with Crippen LogP contribution in [0.25, 0.3) is 10.9 Å². The van der Waals surface area contributed by atoms with Gasteiger partial charge in [-0.15, -0.1) is 0 Å². The molecule has 1 aromatic carbocycles. The molecule has 0 aliphatic heterocycles. The van der Waals surface area contributed by atoms with Crippen molar-refractivity contribution in [2.24, 2.45) is 0 Å². The molecular formula is C15H19NO2. The summed E-state index contributed by atoms with van der Waals surface area (Å²) in [4.78, 5) is 15.3. The van der Waals surface area contributed by atoms with Crippen LogP contribution in [-0.2, 0) is 6.42 Å². The number of hydrogen-bond donors (Lipinski definition) is 1. The summed E-state index contributed by atoms with van der Waals surface area (Å²) in [7, 11) is 0. The normalized spacial score (nSPS) is 9.78. The highest BCUT2D eigenvalue weighted by Gasteiger charge is 2.12. The Morgan fingerprint density at radius 2 is 2.00 bits per heavy atom. The highest BCUT2D eigenvalue weighted by Crippen LogP contribution is 2.22. The number of rotatable bonds is 2. The zero-order chi connectivity index (χ0) is 13.7. The van der Waals surface area contributed by atoms with Gasteiger partial charge in [-0.05, 0) is 42.7 Å². The largest absolute Gasteiger partial charge is 0.478 e. The van der Waals surface area contributed by atoms with E-state index in [9.17, 15) is 4.79 Å². The summed E-state index contributed by atoms with van der Waals surface area (Å²) in [6, 6.07) is 5.62. The van der Waals surface area contributed by atoms with Gasteiger partial charge in [0.15, 0.2) is 0 Å². The van der Waals surface area contributed by atoms with Crippen LogP contribution in [0.4, 0.5) is 0 Å². The van der Waals surface area contributed by atoms with E-state index >= 15 is 0 Å². The summed E-state index contributed by atoms with van der Waals surface area (Å²) >= 11 is 0. The summed E-state index contributed by atoms with van der Waals surface area (Å²) in [6.45, 7) is 7.98. The number of nitrogens with zero attached hydrogens (tertiary/aromatic N) is 1. The summed E-state index contributed by atoms with van der Waals surface area (Å²) in [5.41, 5.74) is 2.95. The number of benzene rings is 1. The van der Waals surface area contributed by atoms with Gasteiger partial charge < -0.3 is 5.11 Å². The van der Waals surface area contributed by atoms with Crippen molar-refractivity contribution in [1.29, 1.82) is 0 Å². The smallest absolute Gasteiger partial charge is 0.337 e. The number of aromatic nitrogens is 1. The Bertz CT molecular complexity index is 562. The molecule has 96 valence electrons. The first-order valence-corrected chi connectivity index (χ1v) is 6.25. The van der Waals surface area contributed by atoms with Gasteiger partial charge in [-0.1, -0.05) is 20.8 Å². The standard InChI is InChI=1S/C13H13NO2.C2H6/c1-3-9-6-10-8(2)4-5-14-12(10)11(7-9)13(15)16;1-2/h4-7H,3H2,1-2H3,(H,15,16);1-2H3. The highest BCUT2D eigenvalue weighted by molar-refractivity contribution is 6.02. The first-order valence-electron chi connectivity index (χ1n) is 6.25. The molecule has 1 aromatic heterocycles. The van der Waals surface area contributed by atoms with Crippen molar-refractivity contribution in [1.82, 2.24) is 4.98 Å². The SMILES string of the molecule is CC.CCc1cc(C(=O)O)c2nccc(C)c2c1. The summed E-state index contributed by atoms with van der Waals surface area (Å²) in [6.07, 6.45) is 2.47.